The molecule has 9 nitrogen and oxygen atoms in total. The van der Waals surface area contributed by atoms with Crippen molar-refractivity contribution in [2.45, 2.75) is 39.3 Å². The highest BCUT2D eigenvalue weighted by Gasteiger charge is 2.29. The molecule has 43 heavy (non-hydrogen) atoms. The van der Waals surface area contributed by atoms with Gasteiger partial charge in [0, 0.05) is 37.6 Å². The lowest BCUT2D eigenvalue weighted by molar-refractivity contribution is 0.102. The summed E-state index contributed by atoms with van der Waals surface area (Å²) in [5, 5.41) is 16.1. The number of carbonyl (C=O) groups excluding carboxylic acids is 1. The van der Waals surface area contributed by atoms with Crippen LogP contribution in [0.15, 0.2) is 64.3 Å². The molecule has 10 heteroatoms. The Hall–Kier alpha value is -4.54. The second kappa shape index (κ2) is 12.4. The summed E-state index contributed by atoms with van der Waals surface area (Å²) in [6.07, 6.45) is 2.75. The lowest BCUT2D eigenvalue weighted by atomic mass is 9.90. The minimum Gasteiger partial charge on any atom is -0.496 e. The second-order valence-electron chi connectivity index (χ2n) is 11.0. The van der Waals surface area contributed by atoms with Crippen molar-refractivity contribution in [3.8, 4) is 28.0 Å². The molecular formula is C33H35FN4O5. The lowest BCUT2D eigenvalue weighted by Crippen LogP contribution is -2.37. The van der Waals surface area contributed by atoms with Gasteiger partial charge in [0.25, 0.3) is 11.5 Å². The van der Waals surface area contributed by atoms with Gasteiger partial charge in [-0.2, -0.15) is 0 Å². The van der Waals surface area contributed by atoms with Gasteiger partial charge in [0.2, 0.25) is 0 Å². The van der Waals surface area contributed by atoms with Crippen LogP contribution in [-0.2, 0) is 13.6 Å². The maximum atomic E-state index is 15.4. The van der Waals surface area contributed by atoms with Gasteiger partial charge in [-0.3, -0.25) is 14.2 Å². The quantitative estimate of drug-likeness (QED) is 0.220. The number of aliphatic hydroxyl groups is 1. The Balaban J connectivity index is 1.43. The number of anilines is 1. The van der Waals surface area contributed by atoms with Crippen LogP contribution in [-0.4, -0.2) is 40.3 Å². The van der Waals surface area contributed by atoms with E-state index in [2.05, 4.69) is 15.6 Å². The molecule has 1 aromatic heterocycles. The third kappa shape index (κ3) is 6.16. The van der Waals surface area contributed by atoms with Gasteiger partial charge in [0.05, 0.1) is 13.2 Å². The number of H-pyrrole nitrogens is 1. The summed E-state index contributed by atoms with van der Waals surface area (Å²) in [5.74, 6) is -0.284. The number of rotatable bonds is 10. The molecule has 1 saturated carbocycles. The molecule has 224 valence electrons. The summed E-state index contributed by atoms with van der Waals surface area (Å²) in [6, 6.07) is 14.6. The molecule has 1 unspecified atom stereocenters. The fraction of sp³-hybridized carbons (Fsp3) is 0.303. The van der Waals surface area contributed by atoms with Crippen LogP contribution >= 0.6 is 0 Å². The van der Waals surface area contributed by atoms with E-state index < -0.39 is 29.1 Å². The van der Waals surface area contributed by atoms with Gasteiger partial charge in [-0.25, -0.2) is 9.18 Å². The molecule has 0 spiro atoms. The minimum atomic E-state index is -0.695. The van der Waals surface area contributed by atoms with Crippen LogP contribution in [0.5, 0.6) is 5.75 Å². The average molecular weight is 587 g/mol. The first-order chi connectivity index (χ1) is 20.6. The summed E-state index contributed by atoms with van der Waals surface area (Å²) in [6.45, 7) is 4.46. The third-order valence-corrected chi connectivity index (χ3v) is 8.14. The van der Waals surface area contributed by atoms with E-state index in [9.17, 15) is 19.5 Å². The summed E-state index contributed by atoms with van der Waals surface area (Å²) >= 11 is 0. The highest BCUT2D eigenvalue weighted by Crippen LogP contribution is 2.38. The van der Waals surface area contributed by atoms with Crippen LogP contribution in [0.4, 0.5) is 10.1 Å². The highest BCUT2D eigenvalue weighted by molar-refractivity contribution is 6.04. The van der Waals surface area contributed by atoms with Gasteiger partial charge >= 0.3 is 5.69 Å². The van der Waals surface area contributed by atoms with Crippen LogP contribution in [0.3, 0.4) is 0 Å². The first-order valence-electron chi connectivity index (χ1n) is 14.2. The van der Waals surface area contributed by atoms with Crippen molar-refractivity contribution < 1.29 is 19.0 Å². The van der Waals surface area contributed by atoms with Gasteiger partial charge in [-0.05, 0) is 84.2 Å². The molecule has 1 amide bonds. The molecule has 1 aliphatic carbocycles. The first kappa shape index (κ1) is 29.9. The van der Waals surface area contributed by atoms with Gasteiger partial charge in [-0.1, -0.05) is 30.3 Å². The van der Waals surface area contributed by atoms with E-state index in [0.717, 1.165) is 51.4 Å². The predicted molar refractivity (Wildman–Crippen MR) is 164 cm³/mol. The second-order valence-corrected chi connectivity index (χ2v) is 11.0. The third-order valence-electron chi connectivity index (χ3n) is 8.14. The Morgan fingerprint density at radius 3 is 2.47 bits per heavy atom. The molecular weight excluding hydrogens is 551 g/mol. The minimum absolute atomic E-state index is 0.182. The molecule has 0 saturated heterocycles. The van der Waals surface area contributed by atoms with Crippen molar-refractivity contribution in [3.63, 3.8) is 0 Å². The number of hydrogen-bond acceptors (Lipinski definition) is 6. The van der Waals surface area contributed by atoms with Crippen LogP contribution in [0.2, 0.25) is 0 Å². The molecule has 3 aromatic carbocycles. The number of amides is 1. The smallest absolute Gasteiger partial charge is 0.328 e. The van der Waals surface area contributed by atoms with E-state index in [0.29, 0.717) is 35.0 Å². The van der Waals surface area contributed by atoms with E-state index >= 15 is 4.39 Å². The van der Waals surface area contributed by atoms with Crippen LogP contribution < -0.4 is 26.6 Å². The number of ether oxygens (including phenoxy) is 1. The van der Waals surface area contributed by atoms with E-state index in [-0.39, 0.29) is 12.1 Å². The average Bonchev–Trinajstić information content (AvgIpc) is 3.84. The van der Waals surface area contributed by atoms with Crippen molar-refractivity contribution >= 4 is 11.6 Å². The maximum absolute atomic E-state index is 15.4. The summed E-state index contributed by atoms with van der Waals surface area (Å²) in [4.78, 5) is 39.5. The number of hydrogen-bond donors (Lipinski definition) is 4. The number of aromatic nitrogens is 2. The SMILES string of the molecule is COc1cc(-c2cccc(-c3cccc(NC(=O)c4c[nH]c(=O)n(C)c4=O)c3C)c2C)cc(F)c1CNCC(O)C1CC1. The van der Waals surface area contributed by atoms with Crippen molar-refractivity contribution in [3.05, 3.63) is 104 Å². The molecule has 0 bridgehead atoms. The zero-order valence-electron chi connectivity index (χ0n) is 24.6. The van der Waals surface area contributed by atoms with Crippen LogP contribution in [0.1, 0.15) is 39.9 Å². The normalized spacial score (nSPS) is 13.5. The standard InChI is InChI=1S/C33H35FN4O5/c1-18-22(21-13-27(34)25(30(14-21)43-4)15-35-17-29(39)20-11-12-20)7-5-8-23(18)24-9-6-10-28(19(24)2)37-31(40)26-16-36-33(42)38(3)32(26)41/h5-10,13-14,16,20,29,35,39H,11-12,15,17H2,1-4H3,(H,36,42)(H,37,40). The number of carbonyl (C=O) groups is 1. The van der Waals surface area contributed by atoms with Gasteiger partial charge in [0.1, 0.15) is 17.1 Å². The lowest BCUT2D eigenvalue weighted by Gasteiger charge is -2.18. The van der Waals surface area contributed by atoms with E-state index in [4.69, 9.17) is 4.74 Å². The summed E-state index contributed by atoms with van der Waals surface area (Å²) in [7, 11) is 2.81. The fourth-order valence-electron chi connectivity index (χ4n) is 5.33. The van der Waals surface area contributed by atoms with Gasteiger partial charge < -0.3 is 25.5 Å². The number of benzene rings is 3. The molecule has 4 aromatic rings. The zero-order valence-corrected chi connectivity index (χ0v) is 24.6. The number of aliphatic hydroxyl groups excluding tert-OH is 1. The summed E-state index contributed by atoms with van der Waals surface area (Å²) < 4.78 is 21.8. The fourth-order valence-corrected chi connectivity index (χ4v) is 5.33. The zero-order chi connectivity index (χ0) is 30.8. The molecule has 1 heterocycles. The van der Waals surface area contributed by atoms with Crippen molar-refractivity contribution in [2.24, 2.45) is 13.0 Å². The van der Waals surface area contributed by atoms with E-state index in [1.165, 1.54) is 20.2 Å². The number of halogens is 1. The first-order valence-corrected chi connectivity index (χ1v) is 14.2. The number of nitrogens with one attached hydrogen (secondary N) is 3. The van der Waals surface area contributed by atoms with Crippen LogP contribution in [0, 0.1) is 25.6 Å². The topological polar surface area (TPSA) is 125 Å². The Kier molecular flexibility index (Phi) is 8.61. The maximum Gasteiger partial charge on any atom is 0.328 e. The molecule has 0 radical (unpaired) electrons. The molecule has 1 atom stereocenters. The Bertz CT molecular complexity index is 1810. The Morgan fingerprint density at radius 2 is 1.77 bits per heavy atom. The molecule has 5 rings (SSSR count). The van der Waals surface area contributed by atoms with E-state index in [1.54, 1.807) is 12.1 Å². The monoisotopic (exact) mass is 586 g/mol. The van der Waals surface area contributed by atoms with Crippen molar-refractivity contribution in [1.29, 1.82) is 0 Å². The van der Waals surface area contributed by atoms with E-state index in [1.807, 2.05) is 44.2 Å². The number of aromatic amines is 1. The van der Waals surface area contributed by atoms with Crippen molar-refractivity contribution in [1.82, 2.24) is 14.9 Å². The van der Waals surface area contributed by atoms with Gasteiger partial charge in [-0.15, -0.1) is 0 Å². The molecule has 0 aliphatic heterocycles. The number of methoxy groups -OCH3 is 1. The molecule has 4 N–H and O–H groups in total. The highest BCUT2D eigenvalue weighted by atomic mass is 19.1. The molecule has 1 fully saturated rings. The Labute approximate surface area is 248 Å². The van der Waals surface area contributed by atoms with Crippen LogP contribution in [0.25, 0.3) is 22.3 Å². The number of nitrogens with zero attached hydrogens (tertiary/aromatic N) is 1. The Morgan fingerprint density at radius 1 is 1.09 bits per heavy atom. The predicted octanol–water partition coefficient (Wildman–Crippen LogP) is 4.28. The van der Waals surface area contributed by atoms with Crippen molar-refractivity contribution in [2.75, 3.05) is 19.0 Å². The van der Waals surface area contributed by atoms with Gasteiger partial charge in [0.15, 0.2) is 0 Å². The molecule has 1 aliphatic rings. The largest absolute Gasteiger partial charge is 0.496 e. The summed E-state index contributed by atoms with van der Waals surface area (Å²) in [5.41, 5.74) is 4.34.